The number of hydrogen-bond acceptors (Lipinski definition) is 8. The molecule has 1 fully saturated rings. The van der Waals surface area contributed by atoms with Crippen molar-refractivity contribution in [1.29, 1.82) is 0 Å². The molecule has 1 unspecified atom stereocenters. The molecule has 0 spiro atoms. The van der Waals surface area contributed by atoms with Gasteiger partial charge in [0.05, 0.1) is 24.5 Å². The Hall–Kier alpha value is -3.99. The van der Waals surface area contributed by atoms with E-state index in [4.69, 9.17) is 15.6 Å². The number of primary amides is 1. The van der Waals surface area contributed by atoms with Crippen LogP contribution in [0.1, 0.15) is 66.9 Å². The second-order valence-corrected chi connectivity index (χ2v) is 11.2. The van der Waals surface area contributed by atoms with Crippen molar-refractivity contribution in [2.24, 2.45) is 11.7 Å². The third-order valence-corrected chi connectivity index (χ3v) is 8.30. The maximum absolute atomic E-state index is 12.5. The third-order valence-electron chi connectivity index (χ3n) is 8.30. The van der Waals surface area contributed by atoms with Crippen LogP contribution in [0.4, 0.5) is 11.4 Å². The van der Waals surface area contributed by atoms with Crippen molar-refractivity contribution in [1.82, 2.24) is 20.3 Å². The fourth-order valence-corrected chi connectivity index (χ4v) is 6.05. The number of rotatable bonds is 14. The number of nitrogens with one attached hydrogen (secondary N) is 3. The second kappa shape index (κ2) is 14.5. The van der Waals surface area contributed by atoms with E-state index in [1.54, 1.807) is 0 Å². The Balaban J connectivity index is 1.41. The molecule has 0 radical (unpaired) electrons. The zero-order valence-electron chi connectivity index (χ0n) is 24.7. The van der Waals surface area contributed by atoms with Crippen LogP contribution in [-0.2, 0) is 13.0 Å². The first-order valence-electron chi connectivity index (χ1n) is 15.2. The predicted molar refractivity (Wildman–Crippen MR) is 168 cm³/mol. The molecule has 1 amide bonds. The lowest BCUT2D eigenvalue weighted by atomic mass is 9.85. The van der Waals surface area contributed by atoms with Crippen molar-refractivity contribution >= 4 is 28.4 Å². The average Bonchev–Trinajstić information content (AvgIpc) is 3.48. The summed E-state index contributed by atoms with van der Waals surface area (Å²) in [6.07, 6.45) is 9.62. The van der Waals surface area contributed by atoms with E-state index in [-0.39, 0.29) is 31.4 Å². The van der Waals surface area contributed by atoms with Crippen LogP contribution in [0, 0.1) is 5.92 Å². The van der Waals surface area contributed by atoms with Gasteiger partial charge in [-0.25, -0.2) is 9.97 Å². The number of aromatic amines is 1. The Bertz CT molecular complexity index is 1510. The first kappa shape index (κ1) is 30.5. The molecule has 2 heterocycles. The summed E-state index contributed by atoms with van der Waals surface area (Å²) in [5, 5.41) is 26.2. The van der Waals surface area contributed by atoms with Gasteiger partial charge in [-0.05, 0) is 60.2 Å². The van der Waals surface area contributed by atoms with E-state index >= 15 is 0 Å². The largest absolute Gasteiger partial charge is 0.491 e. The number of nitrogens with zero attached hydrogens (tertiary/aromatic N) is 2. The van der Waals surface area contributed by atoms with Crippen LogP contribution in [0.25, 0.3) is 22.6 Å². The number of benzene rings is 2. The molecule has 1 saturated carbocycles. The molecular formula is C33H42N6O4. The lowest BCUT2D eigenvalue weighted by Crippen LogP contribution is -2.34. The van der Waals surface area contributed by atoms with Crippen LogP contribution in [0.2, 0.25) is 0 Å². The summed E-state index contributed by atoms with van der Waals surface area (Å²) in [7, 11) is 0. The minimum absolute atomic E-state index is 0.0578. The van der Waals surface area contributed by atoms with Crippen LogP contribution >= 0.6 is 0 Å². The number of aliphatic hydroxyl groups excluding tert-OH is 2. The van der Waals surface area contributed by atoms with Crippen molar-refractivity contribution in [2.75, 3.05) is 25.1 Å². The van der Waals surface area contributed by atoms with Gasteiger partial charge in [-0.2, -0.15) is 0 Å². The minimum Gasteiger partial charge on any atom is -0.491 e. The molecule has 228 valence electrons. The van der Waals surface area contributed by atoms with Crippen LogP contribution in [0.15, 0.2) is 48.7 Å². The fraction of sp³-hybridized carbons (Fsp3) is 0.424. The molecule has 0 aliphatic heterocycles. The van der Waals surface area contributed by atoms with Gasteiger partial charge >= 0.3 is 0 Å². The Kier molecular flexibility index (Phi) is 10.2. The number of carbonyl (C=O) groups excluding carboxylic acids is 1. The van der Waals surface area contributed by atoms with Gasteiger partial charge in [-0.15, -0.1) is 0 Å². The molecule has 2 aromatic carbocycles. The molecule has 0 bridgehead atoms. The molecular weight excluding hydrogens is 544 g/mol. The Morgan fingerprint density at radius 2 is 1.93 bits per heavy atom. The lowest BCUT2D eigenvalue weighted by Gasteiger charge is -2.26. The second-order valence-electron chi connectivity index (χ2n) is 11.2. The standard InChI is InChI=1S/C33H42N6O4/c1-2-26-23(18-35-24(20-41)17-21-7-4-3-5-8-21)9-6-10-28(26)37-29-27(31(34)42)19-36-33-30(29)38-32(39-33)22-11-13-25(14-12-22)43-16-15-40/h6,9-14,19,21,24,35,40-41H,2-5,7-8,15-18,20H2,1H3,(H2,34,42)(H2,36,37,38,39). The number of aromatic nitrogens is 3. The third kappa shape index (κ3) is 7.33. The summed E-state index contributed by atoms with van der Waals surface area (Å²) in [6, 6.07) is 13.5. The number of aliphatic hydroxyl groups is 2. The fourth-order valence-electron chi connectivity index (χ4n) is 6.05. The van der Waals surface area contributed by atoms with E-state index in [1.165, 1.54) is 38.3 Å². The molecule has 4 aromatic rings. The molecule has 5 rings (SSSR count). The summed E-state index contributed by atoms with van der Waals surface area (Å²) in [5.41, 5.74) is 11.5. The highest BCUT2D eigenvalue weighted by Crippen LogP contribution is 2.33. The summed E-state index contributed by atoms with van der Waals surface area (Å²) in [6.45, 7) is 3.02. The molecule has 7 N–H and O–H groups in total. The number of ether oxygens (including phenoxy) is 1. The monoisotopic (exact) mass is 586 g/mol. The first-order valence-corrected chi connectivity index (χ1v) is 15.2. The zero-order chi connectivity index (χ0) is 30.2. The topological polar surface area (TPSA) is 158 Å². The SMILES string of the molecule is CCc1c(CNC(CO)CC2CCCCC2)cccc1Nc1c(C(N)=O)cnc2nc(-c3ccc(OCCO)cc3)[nH]c12. The molecule has 43 heavy (non-hydrogen) atoms. The van der Waals surface area contributed by atoms with Gasteiger partial charge in [-0.1, -0.05) is 51.2 Å². The van der Waals surface area contributed by atoms with Gasteiger partial charge in [-0.3, -0.25) is 4.79 Å². The van der Waals surface area contributed by atoms with Gasteiger partial charge in [0.25, 0.3) is 5.91 Å². The summed E-state index contributed by atoms with van der Waals surface area (Å²) < 4.78 is 5.46. The molecule has 0 saturated heterocycles. The number of pyridine rings is 1. The maximum atomic E-state index is 12.5. The Morgan fingerprint density at radius 1 is 1.14 bits per heavy atom. The maximum Gasteiger partial charge on any atom is 0.252 e. The Labute approximate surface area is 252 Å². The van der Waals surface area contributed by atoms with E-state index in [9.17, 15) is 9.90 Å². The van der Waals surface area contributed by atoms with E-state index in [2.05, 4.69) is 38.6 Å². The van der Waals surface area contributed by atoms with E-state index in [0.717, 1.165) is 35.2 Å². The van der Waals surface area contributed by atoms with Crippen molar-refractivity contribution < 1.29 is 19.7 Å². The van der Waals surface area contributed by atoms with Gasteiger partial charge in [0.2, 0.25) is 0 Å². The quantitative estimate of drug-likeness (QED) is 0.123. The molecule has 1 atom stereocenters. The number of carbonyl (C=O) groups is 1. The first-order chi connectivity index (χ1) is 21.0. The molecule has 10 heteroatoms. The number of nitrogens with two attached hydrogens (primary N) is 1. The normalized spacial score (nSPS) is 14.6. The number of imidazole rings is 1. The lowest BCUT2D eigenvalue weighted by molar-refractivity contribution is 0.100. The highest BCUT2D eigenvalue weighted by molar-refractivity contribution is 6.06. The van der Waals surface area contributed by atoms with Gasteiger partial charge in [0, 0.05) is 30.0 Å². The van der Waals surface area contributed by atoms with Crippen molar-refractivity contribution in [3.63, 3.8) is 0 Å². The van der Waals surface area contributed by atoms with Crippen molar-refractivity contribution in [3.05, 3.63) is 65.4 Å². The minimum atomic E-state index is -0.595. The van der Waals surface area contributed by atoms with Gasteiger partial charge in [0.15, 0.2) is 5.65 Å². The van der Waals surface area contributed by atoms with E-state index in [1.807, 2.05) is 36.4 Å². The van der Waals surface area contributed by atoms with Crippen LogP contribution in [0.5, 0.6) is 5.75 Å². The number of fused-ring (bicyclic) bond motifs is 1. The van der Waals surface area contributed by atoms with Crippen LogP contribution < -0.4 is 21.1 Å². The number of anilines is 2. The molecule has 1 aliphatic rings. The number of hydrogen-bond donors (Lipinski definition) is 6. The van der Waals surface area contributed by atoms with Crippen LogP contribution in [-0.4, -0.2) is 56.9 Å². The summed E-state index contributed by atoms with van der Waals surface area (Å²) >= 11 is 0. The van der Waals surface area contributed by atoms with E-state index < -0.39 is 5.91 Å². The Morgan fingerprint density at radius 3 is 2.63 bits per heavy atom. The zero-order valence-corrected chi connectivity index (χ0v) is 24.7. The van der Waals surface area contributed by atoms with E-state index in [0.29, 0.717) is 40.9 Å². The number of amides is 1. The van der Waals surface area contributed by atoms with Gasteiger partial charge < -0.3 is 36.3 Å². The van der Waals surface area contributed by atoms with Gasteiger partial charge in [0.1, 0.15) is 23.7 Å². The smallest absolute Gasteiger partial charge is 0.252 e. The number of H-pyrrole nitrogens is 1. The predicted octanol–water partition coefficient (Wildman–Crippen LogP) is 4.82. The van der Waals surface area contributed by atoms with Crippen molar-refractivity contribution in [3.8, 4) is 17.1 Å². The summed E-state index contributed by atoms with van der Waals surface area (Å²) in [4.78, 5) is 24.9. The average molecular weight is 587 g/mol. The van der Waals surface area contributed by atoms with Crippen LogP contribution in [0.3, 0.4) is 0 Å². The molecule has 2 aromatic heterocycles. The van der Waals surface area contributed by atoms with Crippen molar-refractivity contribution in [2.45, 2.75) is 64.5 Å². The summed E-state index contributed by atoms with van der Waals surface area (Å²) in [5.74, 6) is 1.31. The molecule has 1 aliphatic carbocycles. The highest BCUT2D eigenvalue weighted by Gasteiger charge is 2.21. The molecule has 10 nitrogen and oxygen atoms in total. The highest BCUT2D eigenvalue weighted by atomic mass is 16.5.